The molecule has 0 radical (unpaired) electrons. The minimum Gasteiger partial charge on any atom is -0.381 e. The molecule has 0 spiro atoms. The summed E-state index contributed by atoms with van der Waals surface area (Å²) in [5.41, 5.74) is 0.638. The first-order valence-corrected chi connectivity index (χ1v) is 11.8. The molecule has 0 aliphatic carbocycles. The van der Waals surface area contributed by atoms with E-state index < -0.39 is 10.0 Å². The van der Waals surface area contributed by atoms with Crippen molar-refractivity contribution in [2.45, 2.75) is 49.6 Å². The van der Waals surface area contributed by atoms with Gasteiger partial charge in [0, 0.05) is 50.5 Å². The van der Waals surface area contributed by atoms with Gasteiger partial charge in [-0.3, -0.25) is 4.79 Å². The maximum absolute atomic E-state index is 13.1. The number of piperidine rings is 1. The van der Waals surface area contributed by atoms with Crippen LogP contribution in [-0.2, 0) is 24.3 Å². The Morgan fingerprint density at radius 3 is 2.41 bits per heavy atom. The molecule has 2 aliphatic rings. The smallest absolute Gasteiger partial charge is 0.249 e. The van der Waals surface area contributed by atoms with Crippen molar-refractivity contribution >= 4 is 27.5 Å². The molecule has 29 heavy (non-hydrogen) atoms. The fourth-order valence-corrected chi connectivity index (χ4v) is 6.17. The van der Waals surface area contributed by atoms with Crippen molar-refractivity contribution in [2.24, 2.45) is 0 Å². The zero-order chi connectivity index (χ0) is 21.0. The van der Waals surface area contributed by atoms with Crippen LogP contribution in [0.3, 0.4) is 0 Å². The van der Waals surface area contributed by atoms with Crippen molar-refractivity contribution < 1.29 is 22.7 Å². The summed E-state index contributed by atoms with van der Waals surface area (Å²) in [7, 11) is -2.07. The van der Waals surface area contributed by atoms with Crippen LogP contribution in [0, 0.1) is 6.92 Å². The van der Waals surface area contributed by atoms with E-state index in [1.165, 1.54) is 11.4 Å². The number of halogens is 1. The highest BCUT2D eigenvalue weighted by Gasteiger charge is 2.37. The third-order valence-corrected chi connectivity index (χ3v) is 8.01. The lowest BCUT2D eigenvalue weighted by atomic mass is 9.98. The van der Waals surface area contributed by atoms with Crippen LogP contribution in [0.15, 0.2) is 23.1 Å². The average Bonchev–Trinajstić information content (AvgIpc) is 2.69. The van der Waals surface area contributed by atoms with Gasteiger partial charge in [-0.05, 0) is 56.4 Å². The average molecular weight is 445 g/mol. The van der Waals surface area contributed by atoms with Crippen LogP contribution < -0.4 is 0 Å². The molecule has 0 aromatic heterocycles. The first kappa shape index (κ1) is 22.5. The van der Waals surface area contributed by atoms with E-state index in [4.69, 9.17) is 21.1 Å². The highest BCUT2D eigenvalue weighted by Crippen LogP contribution is 2.29. The van der Waals surface area contributed by atoms with E-state index >= 15 is 0 Å². The van der Waals surface area contributed by atoms with Crippen LogP contribution in [0.4, 0.5) is 0 Å². The number of hydrogen-bond acceptors (Lipinski definition) is 5. The quantitative estimate of drug-likeness (QED) is 0.673. The number of rotatable bonds is 6. The maximum atomic E-state index is 13.1. The zero-order valence-electron chi connectivity index (χ0n) is 17.0. The van der Waals surface area contributed by atoms with E-state index in [-0.39, 0.29) is 29.5 Å². The van der Waals surface area contributed by atoms with E-state index in [1.807, 2.05) is 4.90 Å². The van der Waals surface area contributed by atoms with Crippen molar-refractivity contribution in [3.8, 4) is 0 Å². The standard InChI is InChI=1S/C20H29ClN2O5S/c1-15-13-16(21)3-4-19(15)29(25,26)22-9-5-17(6-10-22)23(20(24)14-27-2)18-7-11-28-12-8-18/h3-4,13,17-18H,5-12,14H2,1-2H3. The van der Waals surface area contributed by atoms with Crippen LogP contribution in [0.2, 0.25) is 5.02 Å². The summed E-state index contributed by atoms with van der Waals surface area (Å²) in [4.78, 5) is 15.0. The summed E-state index contributed by atoms with van der Waals surface area (Å²) >= 11 is 5.97. The lowest BCUT2D eigenvalue weighted by molar-refractivity contribution is -0.143. The molecule has 1 aromatic carbocycles. The topological polar surface area (TPSA) is 76.2 Å². The number of aryl methyl sites for hydroxylation is 1. The molecule has 2 fully saturated rings. The lowest BCUT2D eigenvalue weighted by Gasteiger charge is -2.43. The van der Waals surface area contributed by atoms with E-state index in [0.717, 1.165) is 12.8 Å². The first-order chi connectivity index (χ1) is 13.8. The third kappa shape index (κ3) is 5.11. The Morgan fingerprint density at radius 1 is 1.21 bits per heavy atom. The number of benzene rings is 1. The van der Waals surface area contributed by atoms with Crippen molar-refractivity contribution in [1.82, 2.24) is 9.21 Å². The summed E-state index contributed by atoms with van der Waals surface area (Å²) in [6.45, 7) is 3.85. The Labute approximate surface area is 178 Å². The predicted molar refractivity (Wildman–Crippen MR) is 111 cm³/mol. The van der Waals surface area contributed by atoms with Crippen LogP contribution in [0.25, 0.3) is 0 Å². The molecule has 2 heterocycles. The summed E-state index contributed by atoms with van der Waals surface area (Å²) in [5.74, 6) is -0.0331. The van der Waals surface area contributed by atoms with E-state index in [0.29, 0.717) is 49.7 Å². The van der Waals surface area contributed by atoms with Crippen LogP contribution in [0.5, 0.6) is 0 Å². The summed E-state index contributed by atoms with van der Waals surface area (Å²) in [6.07, 6.45) is 2.83. The SMILES string of the molecule is COCC(=O)N(C1CCOCC1)C1CCN(S(=O)(=O)c2ccc(Cl)cc2C)CC1. The molecule has 9 heteroatoms. The molecular weight excluding hydrogens is 416 g/mol. The Hall–Kier alpha value is -1.19. The van der Waals surface area contributed by atoms with Gasteiger partial charge < -0.3 is 14.4 Å². The minimum atomic E-state index is -3.59. The van der Waals surface area contributed by atoms with Crippen molar-refractivity contribution in [2.75, 3.05) is 40.0 Å². The normalized spacial score (nSPS) is 20.0. The minimum absolute atomic E-state index is 0.0125. The molecule has 162 valence electrons. The molecule has 0 atom stereocenters. The fraction of sp³-hybridized carbons (Fsp3) is 0.650. The van der Waals surface area contributed by atoms with E-state index in [2.05, 4.69) is 0 Å². The zero-order valence-corrected chi connectivity index (χ0v) is 18.5. The summed E-state index contributed by atoms with van der Waals surface area (Å²) in [5, 5.41) is 0.518. The molecule has 2 aliphatic heterocycles. The molecule has 1 aromatic rings. The van der Waals surface area contributed by atoms with Crippen LogP contribution in [-0.4, -0.2) is 75.6 Å². The van der Waals surface area contributed by atoms with Gasteiger partial charge in [0.05, 0.1) is 4.90 Å². The van der Waals surface area contributed by atoms with Crippen molar-refractivity contribution in [3.05, 3.63) is 28.8 Å². The Balaban J connectivity index is 1.72. The van der Waals surface area contributed by atoms with Crippen LogP contribution in [0.1, 0.15) is 31.2 Å². The second-order valence-electron chi connectivity index (χ2n) is 7.62. The molecule has 0 unspecified atom stereocenters. The van der Waals surface area contributed by atoms with Gasteiger partial charge in [-0.25, -0.2) is 8.42 Å². The monoisotopic (exact) mass is 444 g/mol. The maximum Gasteiger partial charge on any atom is 0.249 e. The second-order valence-corrected chi connectivity index (χ2v) is 9.97. The largest absolute Gasteiger partial charge is 0.381 e. The highest BCUT2D eigenvalue weighted by atomic mass is 35.5. The van der Waals surface area contributed by atoms with Gasteiger partial charge in [0.15, 0.2) is 0 Å². The van der Waals surface area contributed by atoms with Crippen molar-refractivity contribution in [1.29, 1.82) is 0 Å². The molecule has 3 rings (SSSR count). The number of carbonyl (C=O) groups excluding carboxylic acids is 1. The van der Waals surface area contributed by atoms with Gasteiger partial charge in [0.25, 0.3) is 0 Å². The molecule has 1 amide bonds. The van der Waals surface area contributed by atoms with Gasteiger partial charge >= 0.3 is 0 Å². The van der Waals surface area contributed by atoms with Gasteiger partial charge in [-0.1, -0.05) is 11.6 Å². The number of amides is 1. The number of methoxy groups -OCH3 is 1. The predicted octanol–water partition coefficient (Wildman–Crippen LogP) is 2.46. The molecule has 0 saturated carbocycles. The number of hydrogen-bond donors (Lipinski definition) is 0. The van der Waals surface area contributed by atoms with Gasteiger partial charge in [0.2, 0.25) is 15.9 Å². The molecule has 0 N–H and O–H groups in total. The van der Waals surface area contributed by atoms with Gasteiger partial charge in [-0.2, -0.15) is 4.31 Å². The lowest BCUT2D eigenvalue weighted by Crippen LogP contribution is -2.54. The Morgan fingerprint density at radius 2 is 1.83 bits per heavy atom. The highest BCUT2D eigenvalue weighted by molar-refractivity contribution is 7.89. The molecule has 0 bridgehead atoms. The number of carbonyl (C=O) groups is 1. The molecular formula is C20H29ClN2O5S. The fourth-order valence-electron chi connectivity index (χ4n) is 4.27. The van der Waals surface area contributed by atoms with E-state index in [9.17, 15) is 13.2 Å². The Bertz CT molecular complexity index is 818. The second kappa shape index (κ2) is 9.75. The summed E-state index contributed by atoms with van der Waals surface area (Å²) in [6, 6.07) is 4.97. The molecule has 7 nitrogen and oxygen atoms in total. The third-order valence-electron chi connectivity index (χ3n) is 5.71. The first-order valence-electron chi connectivity index (χ1n) is 9.98. The number of sulfonamides is 1. The number of ether oxygens (including phenoxy) is 2. The van der Waals surface area contributed by atoms with Gasteiger partial charge in [-0.15, -0.1) is 0 Å². The van der Waals surface area contributed by atoms with E-state index in [1.54, 1.807) is 25.1 Å². The Kier molecular flexibility index (Phi) is 7.56. The number of nitrogens with zero attached hydrogens (tertiary/aromatic N) is 2. The van der Waals surface area contributed by atoms with Crippen LogP contribution >= 0.6 is 11.6 Å². The summed E-state index contributed by atoms with van der Waals surface area (Å²) < 4.78 is 38.2. The molecule has 2 saturated heterocycles. The van der Waals surface area contributed by atoms with Gasteiger partial charge in [0.1, 0.15) is 6.61 Å². The van der Waals surface area contributed by atoms with Crippen molar-refractivity contribution in [3.63, 3.8) is 0 Å².